The number of ether oxygens (including phenoxy) is 4. The first-order chi connectivity index (χ1) is 60.2. The van der Waals surface area contributed by atoms with Gasteiger partial charge in [-0.2, -0.15) is 0 Å². The summed E-state index contributed by atoms with van der Waals surface area (Å²) in [6, 6.07) is 28.3. The van der Waals surface area contributed by atoms with Crippen LogP contribution in [0.2, 0.25) is 0 Å². The number of fused-ring (bicyclic) bond motifs is 7. The normalized spacial score (nSPS) is 22.9. The van der Waals surface area contributed by atoms with E-state index >= 15 is 0 Å². The van der Waals surface area contributed by atoms with E-state index in [4.69, 9.17) is 24.7 Å². The monoisotopic (exact) mass is 1780 g/mol. The van der Waals surface area contributed by atoms with E-state index in [-0.39, 0.29) is 140 Å². The zero-order chi connectivity index (χ0) is 90.0. The predicted octanol–water partition coefficient (Wildman–Crippen LogP) is 7.08. The van der Waals surface area contributed by atoms with E-state index in [0.717, 1.165) is 26.7 Å². The summed E-state index contributed by atoms with van der Waals surface area (Å²) in [5.74, 6) is -7.91. The largest absolute Gasteiger partial charge is 0.480 e. The van der Waals surface area contributed by atoms with Crippen LogP contribution in [0.1, 0.15) is 210 Å². The van der Waals surface area contributed by atoms with Gasteiger partial charge in [0.25, 0.3) is 41.4 Å². The summed E-state index contributed by atoms with van der Waals surface area (Å²) >= 11 is 0. The first kappa shape index (κ1) is 97.7. The Morgan fingerprint density at radius 2 is 0.760 bits per heavy atom. The molecule has 0 radical (unpaired) electrons. The molecule has 10 atom stereocenters. The van der Waals surface area contributed by atoms with Crippen molar-refractivity contribution in [2.45, 2.75) is 251 Å². The molecule has 7 aromatic rings. The number of carbonyl (C=O) groups is 16. The van der Waals surface area contributed by atoms with Crippen LogP contribution in [0.3, 0.4) is 0 Å². The maximum Gasteiger partial charge on any atom is 0.331 e. The number of esters is 3. The fourth-order valence-corrected chi connectivity index (χ4v) is 16.6. The van der Waals surface area contributed by atoms with Crippen LogP contribution in [0.25, 0.3) is 32.3 Å². The number of carboxylic acids is 1. The molecule has 0 saturated carbocycles. The summed E-state index contributed by atoms with van der Waals surface area (Å²) in [6.07, 6.45) is 8.16. The molecule has 9 aliphatic heterocycles. The third kappa shape index (κ3) is 22.8. The number of nitrogens with one attached hydrogen (secondary N) is 4. The first-order valence-corrected chi connectivity index (χ1v) is 42.3. The first-order valence-electron chi connectivity index (χ1n) is 42.3. The van der Waals surface area contributed by atoms with Gasteiger partial charge in [0.05, 0.1) is 19.1 Å². The van der Waals surface area contributed by atoms with Crippen LogP contribution in [0, 0.1) is 0 Å². The van der Waals surface area contributed by atoms with Gasteiger partial charge in [-0.1, -0.05) is 125 Å². The number of benzene rings is 4. The number of hydrogen-bond donors (Lipinski definition) is 6. The Labute approximate surface area is 746 Å². The van der Waals surface area contributed by atoms with Gasteiger partial charge < -0.3 is 51.1 Å². The summed E-state index contributed by atoms with van der Waals surface area (Å²) in [4.78, 5) is 218. The summed E-state index contributed by atoms with van der Waals surface area (Å²) in [5.41, 5.74) is 5.87. The summed E-state index contributed by atoms with van der Waals surface area (Å²) in [6.45, 7) is 12.1. The van der Waals surface area contributed by atoms with E-state index in [9.17, 15) is 81.8 Å². The lowest BCUT2D eigenvalue weighted by Crippen LogP contribution is -2.64. The summed E-state index contributed by atoms with van der Waals surface area (Å²) < 4.78 is 22.0. The van der Waals surface area contributed by atoms with Gasteiger partial charge in [0.15, 0.2) is 18.1 Å². The second-order valence-corrected chi connectivity index (χ2v) is 33.8. The number of aliphatic carboxylic acids is 1. The molecule has 4 aromatic carbocycles. The molecule has 129 heavy (non-hydrogen) atoms. The minimum atomic E-state index is -1.17. The number of carboxylic acid groups (broad SMARTS) is 1. The molecule has 0 unspecified atom stereocenters. The molecule has 0 bridgehead atoms. The molecule has 0 aliphatic carbocycles. The number of amides is 12. The van der Waals surface area contributed by atoms with E-state index in [1.165, 1.54) is 47.5 Å². The van der Waals surface area contributed by atoms with E-state index in [1.54, 1.807) is 96.3 Å². The van der Waals surface area contributed by atoms with Crippen molar-refractivity contribution in [3.63, 3.8) is 0 Å². The molecule has 37 heteroatoms. The Bertz CT molecular complexity index is 5380. The number of aromatic nitrogens is 3. The maximum atomic E-state index is 13.9. The smallest absolute Gasteiger partial charge is 0.331 e. The number of rotatable bonds is 14. The fourth-order valence-electron chi connectivity index (χ4n) is 16.6. The predicted molar refractivity (Wildman–Crippen MR) is 467 cm³/mol. The molecule has 9 fully saturated rings. The third-order valence-electron chi connectivity index (χ3n) is 22.6. The average molecular weight is 1780 g/mol. The molecule has 9 saturated heterocycles. The Hall–Kier alpha value is -13.5. The molecule has 0 spiro atoms. The number of carbonyl (C=O) groups excluding carboxylic acids is 15. The van der Waals surface area contributed by atoms with Crippen molar-refractivity contribution in [1.82, 2.24) is 76.3 Å². The molecule has 16 rings (SSSR count). The van der Waals surface area contributed by atoms with Crippen molar-refractivity contribution in [2.24, 2.45) is 5.73 Å². The van der Waals surface area contributed by atoms with Gasteiger partial charge in [0.1, 0.15) is 58.5 Å². The molecular weight excluding hydrogens is 1670 g/mol. The van der Waals surface area contributed by atoms with E-state index in [1.807, 2.05) is 72.8 Å². The van der Waals surface area contributed by atoms with Crippen LogP contribution in [-0.4, -0.2) is 253 Å². The van der Waals surface area contributed by atoms with Crippen LogP contribution in [0.4, 0.5) is 0 Å². The standard InChI is InChI=1S/C31H31N5O7.C24H28N4O5.C20H20N4O5.C14H23N3O4.3CH4/c37-25-13-12-22(33-29(40)27-21-10-5-4-9-20(21)14-15-32-27)30(41)36-24(11-6-16-35(25)36)28(39)34-23-17-26(38)43-31(23)42-18-19-7-2-1-3-8-19;1-24(2,3)33-23(32)18-9-6-14-27-19(29)11-10-17(22(31)28(18)27)26-21(30)20-16-8-5-4-7-15(16)12-13-25-20;25-16-8-7-14(19(27)24-15(20(28)29)6-3-11-23(16)24)22-18(26)17-13-5-2-1-4-12(13)9-10-21-17;1-14(2,3)21-13(20)10-5-4-8-16-11(18)7-6-9(15)12(19)17(10)16;;;/h1-5,7-10,14-15,22-24,31H,6,11-13,16-18H2,(H,33,40)(H,34,39);4-5,7-8,12-13,17-18H,6,9-11,14H2,1-3H3,(H,26,30);1-2,4-5,9-10,14-15H,3,6-8,11H2,(H,22,26)(H,28,29);9-10H,4-8,15H2,1-3H3;3*1H4/t22-,23-,24-,31+;17-,18-;14-,15-;9-,10-;;;/m0000.../s1. The highest BCUT2D eigenvalue weighted by Crippen LogP contribution is 2.33. The third-order valence-corrected chi connectivity index (χ3v) is 22.6. The van der Waals surface area contributed by atoms with Crippen molar-refractivity contribution in [1.29, 1.82) is 0 Å². The Morgan fingerprint density at radius 3 is 1.14 bits per heavy atom. The Morgan fingerprint density at radius 1 is 0.426 bits per heavy atom. The SMILES string of the molecule is C.C.C.CC(C)(C)OC(=O)[C@@H]1CCCN2C(=O)CC[C@H](N)C(=O)N12.CC(C)(C)OC(=O)[C@@H]1CCCN2C(=O)CC[C@H](NC(=O)c3nccc4ccccc34)C(=O)N12.O=C(N[C@H]1CCC(=O)N2CCC[C@@H](C(=O)O)N2C1=O)c1nccc2ccccc12.O=C1C[C@H](NC(=O)[C@@H]2CCCN3C(=O)CC[C@H](NC(=O)c4nccc5ccccc45)C(=O)N23)[C@H](OCc2ccccc2)O1. The van der Waals surface area contributed by atoms with Crippen molar-refractivity contribution in [3.8, 4) is 0 Å². The van der Waals surface area contributed by atoms with Gasteiger partial charge in [-0.05, 0) is 159 Å². The number of hydrazine groups is 4. The molecule has 7 N–H and O–H groups in total. The van der Waals surface area contributed by atoms with E-state index in [0.29, 0.717) is 87.2 Å². The molecule has 3 aromatic heterocycles. The van der Waals surface area contributed by atoms with E-state index in [2.05, 4.69) is 36.2 Å². The zero-order valence-electron chi connectivity index (χ0n) is 70.7. The highest BCUT2D eigenvalue weighted by molar-refractivity contribution is 6.10. The van der Waals surface area contributed by atoms with Gasteiger partial charge in [0, 0.05) is 86.6 Å². The quantitative estimate of drug-likeness (QED) is 0.0468. The highest BCUT2D eigenvalue weighted by Gasteiger charge is 2.51. The molecule has 37 nitrogen and oxygen atoms in total. The zero-order valence-corrected chi connectivity index (χ0v) is 70.7. The van der Waals surface area contributed by atoms with Crippen LogP contribution in [-0.2, 0) is 87.9 Å². The summed E-state index contributed by atoms with van der Waals surface area (Å²) in [7, 11) is 0. The maximum absolute atomic E-state index is 13.9. The van der Waals surface area contributed by atoms with Crippen molar-refractivity contribution >= 4 is 127 Å². The lowest BCUT2D eigenvalue weighted by molar-refractivity contribution is -0.188. The van der Waals surface area contributed by atoms with Gasteiger partial charge in [-0.3, -0.25) is 97.3 Å². The van der Waals surface area contributed by atoms with Gasteiger partial charge in [-0.25, -0.2) is 34.4 Å². The van der Waals surface area contributed by atoms with Crippen molar-refractivity contribution in [2.75, 3.05) is 26.2 Å². The number of nitrogens with zero attached hydrogens (tertiary/aromatic N) is 11. The Balaban J connectivity index is 0.000000183. The van der Waals surface area contributed by atoms with Gasteiger partial charge in [-0.15, -0.1) is 0 Å². The van der Waals surface area contributed by atoms with Crippen molar-refractivity contribution < 1.29 is 101 Å². The second kappa shape index (κ2) is 42.4. The van der Waals surface area contributed by atoms with Crippen LogP contribution in [0.5, 0.6) is 0 Å². The van der Waals surface area contributed by atoms with Crippen LogP contribution < -0.4 is 27.0 Å². The fraction of sp³-hybridized carbons (Fsp3) is 0.467. The molecule has 9 aliphatic rings. The van der Waals surface area contributed by atoms with Crippen molar-refractivity contribution in [3.05, 3.63) is 163 Å². The molecule has 688 valence electrons. The van der Waals surface area contributed by atoms with Gasteiger partial charge >= 0.3 is 23.9 Å². The number of hydrogen-bond acceptors (Lipinski definition) is 24. The lowest BCUT2D eigenvalue weighted by atomic mass is 10.0. The topological polar surface area (TPSA) is 469 Å². The lowest BCUT2D eigenvalue weighted by Gasteiger charge is -2.43. The number of pyridine rings is 3. The number of cyclic esters (lactones) is 1. The van der Waals surface area contributed by atoms with Crippen LogP contribution in [0.15, 0.2) is 140 Å². The average Bonchev–Trinajstić information content (AvgIpc) is 1.72. The molecular formula is C92H114N16O21. The van der Waals surface area contributed by atoms with E-state index < -0.39 is 137 Å². The minimum Gasteiger partial charge on any atom is -0.480 e. The summed E-state index contributed by atoms with van der Waals surface area (Å²) in [5, 5.41) is 34.8. The second-order valence-electron chi connectivity index (χ2n) is 33.8. The van der Waals surface area contributed by atoms with Gasteiger partial charge in [0.2, 0.25) is 35.8 Å². The number of nitrogens with two attached hydrogens (primary N) is 1. The minimum absolute atomic E-state index is 0. The molecule has 12 amide bonds. The molecule has 12 heterocycles. The van der Waals surface area contributed by atoms with Crippen LogP contribution >= 0.6 is 0 Å². The highest BCUT2D eigenvalue weighted by atomic mass is 16.7. The Kier molecular flexibility index (Phi) is 32.2.